The molecule has 4 rings (SSSR count). The van der Waals surface area contributed by atoms with Gasteiger partial charge in [0, 0.05) is 17.8 Å². The molecule has 1 heterocycles. The van der Waals surface area contributed by atoms with Gasteiger partial charge in [-0.3, -0.25) is 14.2 Å². The van der Waals surface area contributed by atoms with E-state index in [1.165, 1.54) is 17.8 Å². The Bertz CT molecular complexity index is 1140. The minimum absolute atomic E-state index is 0.00348. The molecule has 8 heteroatoms. The van der Waals surface area contributed by atoms with Gasteiger partial charge < -0.3 is 5.32 Å². The molecular formula is C22H21F2N3O2S. The Morgan fingerprint density at radius 3 is 2.63 bits per heavy atom. The molecule has 5 nitrogen and oxygen atoms in total. The van der Waals surface area contributed by atoms with E-state index in [2.05, 4.69) is 10.3 Å². The first-order valence-corrected chi connectivity index (χ1v) is 10.9. The molecule has 2 aromatic carbocycles. The second kappa shape index (κ2) is 8.95. The third-order valence-electron chi connectivity index (χ3n) is 5.25. The van der Waals surface area contributed by atoms with Gasteiger partial charge in [-0.2, -0.15) is 0 Å². The second-order valence-electron chi connectivity index (χ2n) is 7.34. The number of para-hydroxylation sites is 1. The lowest BCUT2D eigenvalue weighted by Crippen LogP contribution is -2.29. The molecule has 0 spiro atoms. The van der Waals surface area contributed by atoms with Crippen LogP contribution in [0.3, 0.4) is 0 Å². The van der Waals surface area contributed by atoms with Gasteiger partial charge >= 0.3 is 0 Å². The highest BCUT2D eigenvalue weighted by Gasteiger charge is 2.22. The molecule has 1 aliphatic rings. The van der Waals surface area contributed by atoms with Crippen molar-refractivity contribution in [2.24, 2.45) is 0 Å². The summed E-state index contributed by atoms with van der Waals surface area (Å²) in [5, 5.41) is 3.62. The van der Waals surface area contributed by atoms with Gasteiger partial charge in [0.2, 0.25) is 5.91 Å². The number of hydrogen-bond donors (Lipinski definition) is 1. The van der Waals surface area contributed by atoms with Crippen molar-refractivity contribution in [3.05, 3.63) is 64.5 Å². The number of fused-ring (bicyclic) bond motifs is 1. The van der Waals surface area contributed by atoms with Gasteiger partial charge in [0.25, 0.3) is 5.56 Å². The first-order chi connectivity index (χ1) is 14.5. The zero-order chi connectivity index (χ0) is 21.1. The third-order valence-corrected chi connectivity index (χ3v) is 6.20. The highest BCUT2D eigenvalue weighted by atomic mass is 32.2. The van der Waals surface area contributed by atoms with Gasteiger partial charge in [-0.15, -0.1) is 0 Å². The minimum atomic E-state index is -1.03. The summed E-state index contributed by atoms with van der Waals surface area (Å²) in [4.78, 5) is 30.2. The van der Waals surface area contributed by atoms with Crippen LogP contribution in [0.2, 0.25) is 0 Å². The topological polar surface area (TPSA) is 64.0 Å². The predicted molar refractivity (Wildman–Crippen MR) is 114 cm³/mol. The van der Waals surface area contributed by atoms with Crippen LogP contribution in [0.1, 0.15) is 38.1 Å². The van der Waals surface area contributed by atoms with Crippen molar-refractivity contribution in [2.75, 3.05) is 11.1 Å². The summed E-state index contributed by atoms with van der Waals surface area (Å²) in [6.07, 6.45) is 5.10. The van der Waals surface area contributed by atoms with Crippen LogP contribution in [0.25, 0.3) is 10.9 Å². The first-order valence-electron chi connectivity index (χ1n) is 9.92. The molecule has 1 fully saturated rings. The fraction of sp³-hybridized carbons (Fsp3) is 0.318. The van der Waals surface area contributed by atoms with Gasteiger partial charge in [-0.25, -0.2) is 13.8 Å². The number of thioether (sulfide) groups is 1. The largest absolute Gasteiger partial charge is 0.325 e. The maximum absolute atomic E-state index is 13.4. The molecule has 0 aliphatic heterocycles. The van der Waals surface area contributed by atoms with E-state index in [-0.39, 0.29) is 28.9 Å². The quantitative estimate of drug-likeness (QED) is 0.462. The number of benzene rings is 2. The van der Waals surface area contributed by atoms with Gasteiger partial charge in [-0.05, 0) is 37.1 Å². The lowest BCUT2D eigenvalue weighted by molar-refractivity contribution is -0.113. The first kappa shape index (κ1) is 20.5. The van der Waals surface area contributed by atoms with Crippen LogP contribution in [0, 0.1) is 11.6 Å². The summed E-state index contributed by atoms with van der Waals surface area (Å²) in [7, 11) is 0. The molecule has 0 saturated heterocycles. The van der Waals surface area contributed by atoms with E-state index in [9.17, 15) is 18.4 Å². The van der Waals surface area contributed by atoms with Gasteiger partial charge in [-0.1, -0.05) is 43.2 Å². The molecule has 1 N–H and O–H groups in total. The van der Waals surface area contributed by atoms with E-state index < -0.39 is 11.6 Å². The van der Waals surface area contributed by atoms with Crippen LogP contribution in [-0.4, -0.2) is 21.2 Å². The van der Waals surface area contributed by atoms with Crippen LogP contribution >= 0.6 is 11.8 Å². The van der Waals surface area contributed by atoms with E-state index in [0.29, 0.717) is 16.1 Å². The monoisotopic (exact) mass is 429 g/mol. The molecule has 1 saturated carbocycles. The number of anilines is 1. The van der Waals surface area contributed by atoms with Crippen LogP contribution in [0.4, 0.5) is 14.5 Å². The van der Waals surface area contributed by atoms with Crippen molar-refractivity contribution in [2.45, 2.75) is 43.3 Å². The average Bonchev–Trinajstić information content (AvgIpc) is 2.75. The van der Waals surface area contributed by atoms with Crippen molar-refractivity contribution in [1.82, 2.24) is 9.55 Å². The van der Waals surface area contributed by atoms with Crippen molar-refractivity contribution in [1.29, 1.82) is 0 Å². The fourth-order valence-electron chi connectivity index (χ4n) is 3.79. The standard InChI is InChI=1S/C22H21F2N3O2S/c23-17-11-10-14(12-18(17)24)25-20(28)13-30-22-26-19-9-5-4-8-16(19)21(29)27(22)15-6-2-1-3-7-15/h4-5,8-12,15H,1-3,6-7,13H2,(H,25,28). The summed E-state index contributed by atoms with van der Waals surface area (Å²) >= 11 is 1.18. The number of aromatic nitrogens is 2. The van der Waals surface area contributed by atoms with E-state index in [0.717, 1.165) is 44.2 Å². The molecule has 0 atom stereocenters. The third kappa shape index (κ3) is 4.38. The Kier molecular flexibility index (Phi) is 6.13. The lowest BCUT2D eigenvalue weighted by atomic mass is 9.95. The predicted octanol–water partition coefficient (Wildman–Crippen LogP) is 4.91. The summed E-state index contributed by atoms with van der Waals surface area (Å²) in [6.45, 7) is 0. The lowest BCUT2D eigenvalue weighted by Gasteiger charge is -2.26. The summed E-state index contributed by atoms with van der Waals surface area (Å²) in [5.41, 5.74) is 0.685. The number of hydrogen-bond acceptors (Lipinski definition) is 4. The van der Waals surface area contributed by atoms with Crippen molar-refractivity contribution in [3.8, 4) is 0 Å². The molecule has 156 valence electrons. The minimum Gasteiger partial charge on any atom is -0.325 e. The molecule has 0 bridgehead atoms. The summed E-state index contributed by atoms with van der Waals surface area (Å²) < 4.78 is 28.1. The van der Waals surface area contributed by atoms with Crippen molar-refractivity contribution < 1.29 is 13.6 Å². The fourth-order valence-corrected chi connectivity index (χ4v) is 4.66. The molecule has 1 amide bonds. The van der Waals surface area contributed by atoms with Gasteiger partial charge in [0.1, 0.15) is 0 Å². The van der Waals surface area contributed by atoms with Gasteiger partial charge in [0.05, 0.1) is 16.7 Å². The van der Waals surface area contributed by atoms with E-state index in [4.69, 9.17) is 0 Å². The maximum atomic E-state index is 13.4. The number of nitrogens with one attached hydrogen (secondary N) is 1. The molecule has 1 aromatic heterocycles. The summed E-state index contributed by atoms with van der Waals surface area (Å²) in [6, 6.07) is 10.5. The Balaban J connectivity index is 1.58. The Hall–Kier alpha value is -2.74. The van der Waals surface area contributed by atoms with Crippen LogP contribution < -0.4 is 10.9 Å². The SMILES string of the molecule is O=C(CSc1nc2ccccc2c(=O)n1C1CCCCC1)Nc1ccc(F)c(F)c1. The Morgan fingerprint density at radius 1 is 1.10 bits per heavy atom. The molecule has 1 aliphatic carbocycles. The Morgan fingerprint density at radius 2 is 1.87 bits per heavy atom. The number of amides is 1. The second-order valence-corrected chi connectivity index (χ2v) is 8.29. The van der Waals surface area contributed by atoms with Crippen LogP contribution in [0.15, 0.2) is 52.4 Å². The number of carbonyl (C=O) groups is 1. The molecule has 0 radical (unpaired) electrons. The molecule has 30 heavy (non-hydrogen) atoms. The highest BCUT2D eigenvalue weighted by Crippen LogP contribution is 2.31. The van der Waals surface area contributed by atoms with E-state index >= 15 is 0 Å². The molecule has 3 aromatic rings. The number of rotatable bonds is 5. The normalized spacial score (nSPS) is 14.7. The number of nitrogens with zero attached hydrogens (tertiary/aromatic N) is 2. The van der Waals surface area contributed by atoms with Gasteiger partial charge in [0.15, 0.2) is 16.8 Å². The smallest absolute Gasteiger partial charge is 0.262 e. The highest BCUT2D eigenvalue weighted by molar-refractivity contribution is 7.99. The van der Waals surface area contributed by atoms with Crippen molar-refractivity contribution >= 4 is 34.3 Å². The maximum Gasteiger partial charge on any atom is 0.262 e. The van der Waals surface area contributed by atoms with E-state index in [1.54, 1.807) is 16.7 Å². The van der Waals surface area contributed by atoms with Crippen molar-refractivity contribution in [3.63, 3.8) is 0 Å². The average molecular weight is 429 g/mol. The van der Waals surface area contributed by atoms with E-state index in [1.807, 2.05) is 12.1 Å². The Labute approximate surface area is 176 Å². The van der Waals surface area contributed by atoms with Crippen LogP contribution in [-0.2, 0) is 4.79 Å². The number of halogens is 2. The molecule has 0 unspecified atom stereocenters. The zero-order valence-corrected chi connectivity index (χ0v) is 17.1. The summed E-state index contributed by atoms with van der Waals surface area (Å²) in [5.74, 6) is -2.39. The number of carbonyl (C=O) groups excluding carboxylic acids is 1. The van der Waals surface area contributed by atoms with Crippen LogP contribution in [0.5, 0.6) is 0 Å². The zero-order valence-electron chi connectivity index (χ0n) is 16.2. The molecular weight excluding hydrogens is 408 g/mol.